The number of nitrogens with zero attached hydrogens (tertiary/aromatic N) is 1. The third-order valence-electron chi connectivity index (χ3n) is 3.51. The number of hydrogen-bond acceptors (Lipinski definition) is 2. The van der Waals surface area contributed by atoms with Crippen LogP contribution in [0.3, 0.4) is 0 Å². The first-order chi connectivity index (χ1) is 8.42. The summed E-state index contributed by atoms with van der Waals surface area (Å²) < 4.78 is 0. The Bertz CT molecular complexity index is 335. The van der Waals surface area contributed by atoms with Gasteiger partial charge in [-0.15, -0.1) is 0 Å². The number of benzene rings is 1. The van der Waals surface area contributed by atoms with Gasteiger partial charge in [0.25, 0.3) is 0 Å². The van der Waals surface area contributed by atoms with E-state index in [1.807, 2.05) is 0 Å². The van der Waals surface area contributed by atoms with Crippen molar-refractivity contribution in [1.29, 1.82) is 0 Å². The molecule has 0 saturated heterocycles. The predicted octanol–water partition coefficient (Wildman–Crippen LogP) is 2.83. The molecule has 1 N–H and O–H groups in total. The van der Waals surface area contributed by atoms with Gasteiger partial charge in [0.2, 0.25) is 0 Å². The second-order valence-corrected chi connectivity index (χ2v) is 4.78. The Morgan fingerprint density at radius 1 is 1.18 bits per heavy atom. The van der Waals surface area contributed by atoms with Crippen molar-refractivity contribution in [3.63, 3.8) is 0 Å². The highest BCUT2D eigenvalue weighted by molar-refractivity contribution is 5.57. The van der Waals surface area contributed by atoms with Crippen molar-refractivity contribution in [3.05, 3.63) is 29.8 Å². The number of rotatable bonds is 7. The molecular formula is C15H24N2. The maximum Gasteiger partial charge on any atom is 0.0399 e. The molecule has 2 heteroatoms. The van der Waals surface area contributed by atoms with Crippen molar-refractivity contribution in [3.8, 4) is 0 Å². The van der Waals surface area contributed by atoms with E-state index in [0.29, 0.717) is 0 Å². The summed E-state index contributed by atoms with van der Waals surface area (Å²) in [7, 11) is 0. The fourth-order valence-corrected chi connectivity index (χ4v) is 2.55. The van der Waals surface area contributed by atoms with Crippen LogP contribution in [0.4, 0.5) is 5.69 Å². The third kappa shape index (κ3) is 3.47. The van der Waals surface area contributed by atoms with Crippen LogP contribution in [-0.4, -0.2) is 26.2 Å². The van der Waals surface area contributed by atoms with Crippen LogP contribution >= 0.6 is 0 Å². The lowest BCUT2D eigenvalue weighted by atomic mass is 10.2. The molecular weight excluding hydrogens is 208 g/mol. The minimum absolute atomic E-state index is 1.10. The van der Waals surface area contributed by atoms with Gasteiger partial charge in [0.1, 0.15) is 0 Å². The second-order valence-electron chi connectivity index (χ2n) is 4.78. The van der Waals surface area contributed by atoms with E-state index in [-0.39, 0.29) is 0 Å². The Kier molecular flexibility index (Phi) is 4.87. The van der Waals surface area contributed by atoms with E-state index in [1.165, 1.54) is 56.6 Å². The van der Waals surface area contributed by atoms with E-state index < -0.39 is 0 Å². The molecule has 2 nitrogen and oxygen atoms in total. The van der Waals surface area contributed by atoms with E-state index in [9.17, 15) is 0 Å². The van der Waals surface area contributed by atoms with E-state index in [2.05, 4.69) is 41.4 Å². The molecule has 1 heterocycles. The molecule has 94 valence electrons. The van der Waals surface area contributed by atoms with Crippen molar-refractivity contribution in [2.24, 2.45) is 0 Å². The summed E-state index contributed by atoms with van der Waals surface area (Å²) in [5.74, 6) is 0. The molecule has 0 aliphatic carbocycles. The molecule has 1 aromatic carbocycles. The molecule has 0 unspecified atom stereocenters. The average molecular weight is 232 g/mol. The molecule has 0 radical (unpaired) electrons. The monoisotopic (exact) mass is 232 g/mol. The van der Waals surface area contributed by atoms with Crippen LogP contribution in [0, 0.1) is 0 Å². The van der Waals surface area contributed by atoms with Gasteiger partial charge in [0.05, 0.1) is 0 Å². The van der Waals surface area contributed by atoms with Crippen molar-refractivity contribution in [2.75, 3.05) is 31.1 Å². The van der Waals surface area contributed by atoms with Crippen LogP contribution in [0.2, 0.25) is 0 Å². The Morgan fingerprint density at radius 3 is 2.94 bits per heavy atom. The summed E-state index contributed by atoms with van der Waals surface area (Å²) in [5.41, 5.74) is 3.00. The van der Waals surface area contributed by atoms with Gasteiger partial charge in [0, 0.05) is 18.8 Å². The van der Waals surface area contributed by atoms with Crippen LogP contribution in [0.25, 0.3) is 0 Å². The molecule has 1 aliphatic rings. The van der Waals surface area contributed by atoms with Crippen molar-refractivity contribution in [2.45, 2.75) is 32.6 Å². The lowest BCUT2D eigenvalue weighted by Crippen LogP contribution is -2.22. The van der Waals surface area contributed by atoms with Gasteiger partial charge in [-0.05, 0) is 44.0 Å². The van der Waals surface area contributed by atoms with Gasteiger partial charge < -0.3 is 10.2 Å². The lowest BCUT2D eigenvalue weighted by molar-refractivity contribution is 0.610. The van der Waals surface area contributed by atoms with E-state index in [4.69, 9.17) is 0 Å². The average Bonchev–Trinajstić information content (AvgIpc) is 2.77. The fraction of sp³-hybridized carbons (Fsp3) is 0.600. The minimum atomic E-state index is 1.10. The highest BCUT2D eigenvalue weighted by Gasteiger charge is 2.16. The molecule has 0 atom stereocenters. The summed E-state index contributed by atoms with van der Waals surface area (Å²) in [4.78, 5) is 2.54. The summed E-state index contributed by atoms with van der Waals surface area (Å²) in [5, 5.41) is 3.38. The lowest BCUT2D eigenvalue weighted by Gasteiger charge is -2.19. The fourth-order valence-electron chi connectivity index (χ4n) is 2.55. The summed E-state index contributed by atoms with van der Waals surface area (Å²) in [6, 6.07) is 8.84. The number of nitrogens with one attached hydrogen (secondary N) is 1. The quantitative estimate of drug-likeness (QED) is 0.727. The van der Waals surface area contributed by atoms with Gasteiger partial charge in [0.15, 0.2) is 0 Å². The Morgan fingerprint density at radius 2 is 2.06 bits per heavy atom. The number of para-hydroxylation sites is 1. The van der Waals surface area contributed by atoms with Gasteiger partial charge in [-0.1, -0.05) is 31.5 Å². The topological polar surface area (TPSA) is 15.3 Å². The largest absolute Gasteiger partial charge is 0.371 e. The number of anilines is 1. The van der Waals surface area contributed by atoms with Crippen LogP contribution < -0.4 is 10.2 Å². The molecule has 0 amide bonds. The Hall–Kier alpha value is -1.02. The predicted molar refractivity (Wildman–Crippen MR) is 74.8 cm³/mol. The van der Waals surface area contributed by atoms with Gasteiger partial charge in [-0.25, -0.2) is 0 Å². The zero-order valence-electron chi connectivity index (χ0n) is 10.9. The normalized spacial score (nSPS) is 14.1. The standard InChI is InChI=1S/C15H24N2/c1-2-16-11-6-3-7-12-17-13-10-14-8-4-5-9-15(14)17/h4-5,8-9,16H,2-3,6-7,10-13H2,1H3. The Balaban J connectivity index is 1.68. The smallest absolute Gasteiger partial charge is 0.0399 e. The molecule has 1 aromatic rings. The summed E-state index contributed by atoms with van der Waals surface area (Å²) in [6.07, 6.45) is 5.20. The van der Waals surface area contributed by atoms with Crippen molar-refractivity contribution in [1.82, 2.24) is 5.32 Å². The van der Waals surface area contributed by atoms with Gasteiger partial charge in [-0.3, -0.25) is 0 Å². The summed E-state index contributed by atoms with van der Waals surface area (Å²) >= 11 is 0. The zero-order chi connectivity index (χ0) is 11.9. The third-order valence-corrected chi connectivity index (χ3v) is 3.51. The maximum atomic E-state index is 3.38. The molecule has 17 heavy (non-hydrogen) atoms. The van der Waals surface area contributed by atoms with Crippen LogP contribution in [-0.2, 0) is 6.42 Å². The molecule has 0 aromatic heterocycles. The van der Waals surface area contributed by atoms with Gasteiger partial charge >= 0.3 is 0 Å². The number of fused-ring (bicyclic) bond motifs is 1. The summed E-state index contributed by atoms with van der Waals surface area (Å²) in [6.45, 7) is 6.88. The minimum Gasteiger partial charge on any atom is -0.371 e. The molecule has 0 fully saturated rings. The number of unbranched alkanes of at least 4 members (excludes halogenated alkanes) is 2. The first-order valence-electron chi connectivity index (χ1n) is 6.95. The first kappa shape index (κ1) is 12.4. The molecule has 0 saturated carbocycles. The maximum absolute atomic E-state index is 3.38. The highest BCUT2D eigenvalue weighted by Crippen LogP contribution is 2.27. The molecule has 2 rings (SSSR count). The SMILES string of the molecule is CCNCCCCCN1CCc2ccccc21. The van der Waals surface area contributed by atoms with E-state index in [1.54, 1.807) is 0 Å². The number of hydrogen-bond donors (Lipinski definition) is 1. The molecule has 1 aliphatic heterocycles. The van der Waals surface area contributed by atoms with Crippen LogP contribution in [0.15, 0.2) is 24.3 Å². The van der Waals surface area contributed by atoms with Gasteiger partial charge in [-0.2, -0.15) is 0 Å². The van der Waals surface area contributed by atoms with Crippen molar-refractivity contribution >= 4 is 5.69 Å². The molecule has 0 spiro atoms. The highest BCUT2D eigenvalue weighted by atomic mass is 15.1. The second kappa shape index (κ2) is 6.65. The van der Waals surface area contributed by atoms with Crippen LogP contribution in [0.5, 0.6) is 0 Å². The van der Waals surface area contributed by atoms with E-state index in [0.717, 1.165) is 6.54 Å². The zero-order valence-corrected chi connectivity index (χ0v) is 10.9. The first-order valence-corrected chi connectivity index (χ1v) is 6.95. The van der Waals surface area contributed by atoms with E-state index >= 15 is 0 Å². The molecule has 0 bridgehead atoms. The van der Waals surface area contributed by atoms with Crippen LogP contribution in [0.1, 0.15) is 31.7 Å². The van der Waals surface area contributed by atoms with Crippen molar-refractivity contribution < 1.29 is 0 Å². The Labute approximate surface area is 105 Å².